The molecule has 2 aliphatic rings. The van der Waals surface area contributed by atoms with Crippen LogP contribution in [0, 0.1) is 5.92 Å². The molecule has 0 spiro atoms. The smallest absolute Gasteiger partial charge is 0.177 e. The van der Waals surface area contributed by atoms with Gasteiger partial charge in [0.1, 0.15) is 24.3 Å². The molecule has 1 aliphatic carbocycles. The molecule has 3 aromatic rings. The predicted octanol–water partition coefficient (Wildman–Crippen LogP) is 1.34. The van der Waals surface area contributed by atoms with Gasteiger partial charge in [-0.2, -0.15) is 4.52 Å². The molecule has 0 saturated carbocycles. The maximum atomic E-state index is 4.54. The van der Waals surface area contributed by atoms with Crippen molar-refractivity contribution in [1.29, 1.82) is 0 Å². The molecule has 1 fully saturated rings. The minimum atomic E-state index is 0.604. The van der Waals surface area contributed by atoms with Crippen LogP contribution in [0.1, 0.15) is 24.1 Å². The van der Waals surface area contributed by atoms with E-state index in [-0.39, 0.29) is 0 Å². The summed E-state index contributed by atoms with van der Waals surface area (Å²) in [6, 6.07) is 3.96. The van der Waals surface area contributed by atoms with E-state index in [9.17, 15) is 0 Å². The first kappa shape index (κ1) is 14.6. The minimum absolute atomic E-state index is 0.604. The van der Waals surface area contributed by atoms with Gasteiger partial charge < -0.3 is 10.2 Å². The molecule has 0 aromatic carbocycles. The highest BCUT2D eigenvalue weighted by Crippen LogP contribution is 2.26. The number of hydrogen-bond acceptors (Lipinski definition) is 7. The summed E-state index contributed by atoms with van der Waals surface area (Å²) in [5, 5.41) is 15.9. The van der Waals surface area contributed by atoms with Crippen molar-refractivity contribution in [3.63, 3.8) is 0 Å². The van der Waals surface area contributed by atoms with Crippen LogP contribution in [0.15, 0.2) is 24.8 Å². The van der Waals surface area contributed by atoms with Gasteiger partial charge in [0.05, 0.1) is 0 Å². The van der Waals surface area contributed by atoms with Crippen LogP contribution < -0.4 is 10.2 Å². The van der Waals surface area contributed by atoms with E-state index in [1.165, 1.54) is 24.1 Å². The summed E-state index contributed by atoms with van der Waals surface area (Å²) in [5.41, 5.74) is 3.33. The number of aryl methyl sites for hydroxylation is 1. The molecular weight excluding hydrogens is 316 g/mol. The molecule has 1 aliphatic heterocycles. The molecule has 0 atom stereocenters. The van der Waals surface area contributed by atoms with Crippen molar-refractivity contribution >= 4 is 17.3 Å². The number of nitrogens with one attached hydrogen (secondary N) is 1. The Morgan fingerprint density at radius 3 is 3.00 bits per heavy atom. The molecule has 0 bridgehead atoms. The fourth-order valence-electron chi connectivity index (χ4n) is 3.69. The number of hydrogen-bond donors (Lipinski definition) is 1. The van der Waals surface area contributed by atoms with Crippen molar-refractivity contribution in [1.82, 2.24) is 29.8 Å². The van der Waals surface area contributed by atoms with Gasteiger partial charge in [-0.25, -0.2) is 9.97 Å². The Balaban J connectivity index is 1.20. The number of rotatable bonds is 4. The summed E-state index contributed by atoms with van der Waals surface area (Å²) < 4.78 is 1.72. The minimum Gasteiger partial charge on any atom is -0.369 e. The monoisotopic (exact) mass is 336 g/mol. The predicted molar refractivity (Wildman–Crippen MR) is 93.6 cm³/mol. The standard InChI is InChI=1S/C17H20N8/c1-2-4-14-13(3-1)17(20-10-19-14)18-7-12-8-24(9-12)16-6-5-15-22-21-11-25(15)23-16/h5-6,10-12H,1-4,7-9H2,(H,18,19,20). The molecule has 1 saturated heterocycles. The Bertz CT molecular complexity index is 899. The van der Waals surface area contributed by atoms with E-state index < -0.39 is 0 Å². The van der Waals surface area contributed by atoms with Crippen LogP contribution in [0.3, 0.4) is 0 Å². The lowest BCUT2D eigenvalue weighted by Gasteiger charge is -2.40. The van der Waals surface area contributed by atoms with E-state index in [0.29, 0.717) is 5.92 Å². The first-order valence-electron chi connectivity index (χ1n) is 8.85. The van der Waals surface area contributed by atoms with E-state index in [2.05, 4.69) is 35.5 Å². The summed E-state index contributed by atoms with van der Waals surface area (Å²) in [6.45, 7) is 2.94. The molecule has 8 heteroatoms. The molecular formula is C17H20N8. The lowest BCUT2D eigenvalue weighted by Crippen LogP contribution is -2.50. The first-order chi connectivity index (χ1) is 12.4. The molecule has 0 radical (unpaired) electrons. The number of aromatic nitrogens is 6. The van der Waals surface area contributed by atoms with Crippen molar-refractivity contribution in [2.45, 2.75) is 25.7 Å². The van der Waals surface area contributed by atoms with Crippen LogP contribution in [0.5, 0.6) is 0 Å². The normalized spacial score (nSPS) is 17.4. The topological polar surface area (TPSA) is 84.1 Å². The van der Waals surface area contributed by atoms with E-state index in [1.807, 2.05) is 12.1 Å². The molecule has 128 valence electrons. The molecule has 1 N–H and O–H groups in total. The first-order valence-corrected chi connectivity index (χ1v) is 8.85. The second kappa shape index (κ2) is 5.94. The largest absolute Gasteiger partial charge is 0.369 e. The van der Waals surface area contributed by atoms with Gasteiger partial charge in [-0.1, -0.05) is 0 Å². The van der Waals surface area contributed by atoms with Gasteiger partial charge in [-0.15, -0.1) is 15.3 Å². The van der Waals surface area contributed by atoms with Crippen LogP contribution in [0.4, 0.5) is 11.6 Å². The zero-order chi connectivity index (χ0) is 16.6. The van der Waals surface area contributed by atoms with E-state index >= 15 is 0 Å². The third-order valence-corrected chi connectivity index (χ3v) is 5.11. The quantitative estimate of drug-likeness (QED) is 0.769. The lowest BCUT2D eigenvalue weighted by molar-refractivity contribution is 0.424. The lowest BCUT2D eigenvalue weighted by atomic mass is 9.96. The van der Waals surface area contributed by atoms with Crippen LogP contribution >= 0.6 is 0 Å². The van der Waals surface area contributed by atoms with Gasteiger partial charge in [0.15, 0.2) is 5.65 Å². The van der Waals surface area contributed by atoms with Gasteiger partial charge in [0, 0.05) is 36.8 Å². The highest BCUT2D eigenvalue weighted by molar-refractivity contribution is 5.49. The molecule has 8 nitrogen and oxygen atoms in total. The van der Waals surface area contributed by atoms with Crippen LogP contribution in [-0.2, 0) is 12.8 Å². The summed E-state index contributed by atoms with van der Waals surface area (Å²) in [6.07, 6.45) is 7.99. The highest BCUT2D eigenvalue weighted by atomic mass is 15.4. The number of anilines is 2. The van der Waals surface area contributed by atoms with E-state index in [0.717, 1.165) is 49.8 Å². The van der Waals surface area contributed by atoms with E-state index in [4.69, 9.17) is 0 Å². The zero-order valence-corrected chi connectivity index (χ0v) is 14.0. The van der Waals surface area contributed by atoms with E-state index in [1.54, 1.807) is 17.2 Å². The van der Waals surface area contributed by atoms with Gasteiger partial charge >= 0.3 is 0 Å². The summed E-state index contributed by atoms with van der Waals surface area (Å²) in [7, 11) is 0. The van der Waals surface area contributed by atoms with Crippen molar-refractivity contribution < 1.29 is 0 Å². The third-order valence-electron chi connectivity index (χ3n) is 5.11. The van der Waals surface area contributed by atoms with Crippen molar-refractivity contribution in [3.8, 4) is 0 Å². The van der Waals surface area contributed by atoms with Gasteiger partial charge in [0.2, 0.25) is 0 Å². The Morgan fingerprint density at radius 1 is 1.12 bits per heavy atom. The number of fused-ring (bicyclic) bond motifs is 2. The SMILES string of the molecule is c1nc2c(c(NCC3CN(c4ccc5nncn5n4)C3)n1)CCCC2. The highest BCUT2D eigenvalue weighted by Gasteiger charge is 2.28. The molecule has 25 heavy (non-hydrogen) atoms. The van der Waals surface area contributed by atoms with Crippen molar-refractivity contribution in [3.05, 3.63) is 36.0 Å². The Kier molecular flexibility index (Phi) is 3.46. The maximum absolute atomic E-state index is 4.54. The zero-order valence-electron chi connectivity index (χ0n) is 14.0. The Morgan fingerprint density at radius 2 is 2.04 bits per heavy atom. The maximum Gasteiger partial charge on any atom is 0.177 e. The van der Waals surface area contributed by atoms with Crippen LogP contribution in [0.2, 0.25) is 0 Å². The summed E-state index contributed by atoms with van der Waals surface area (Å²) in [5.74, 6) is 2.61. The molecule has 5 rings (SSSR count). The molecule has 0 amide bonds. The summed E-state index contributed by atoms with van der Waals surface area (Å²) in [4.78, 5) is 11.2. The van der Waals surface area contributed by atoms with Gasteiger partial charge in [-0.05, 0) is 37.8 Å². The summed E-state index contributed by atoms with van der Waals surface area (Å²) >= 11 is 0. The fourth-order valence-corrected chi connectivity index (χ4v) is 3.69. The van der Waals surface area contributed by atoms with Gasteiger partial charge in [-0.3, -0.25) is 0 Å². The molecule has 0 unspecified atom stereocenters. The van der Waals surface area contributed by atoms with Crippen molar-refractivity contribution in [2.24, 2.45) is 5.92 Å². The van der Waals surface area contributed by atoms with Crippen molar-refractivity contribution in [2.75, 3.05) is 29.9 Å². The molecule has 3 aromatic heterocycles. The van der Waals surface area contributed by atoms with Gasteiger partial charge in [0.25, 0.3) is 0 Å². The fraction of sp³-hybridized carbons (Fsp3) is 0.471. The average Bonchev–Trinajstić information content (AvgIpc) is 3.08. The third kappa shape index (κ3) is 2.67. The average molecular weight is 336 g/mol. The second-order valence-electron chi connectivity index (χ2n) is 6.83. The van der Waals surface area contributed by atoms with Crippen LogP contribution in [0.25, 0.3) is 5.65 Å². The number of nitrogens with zero attached hydrogens (tertiary/aromatic N) is 7. The Hall–Kier alpha value is -2.77. The Labute approximate surface area is 145 Å². The second-order valence-corrected chi connectivity index (χ2v) is 6.83. The van der Waals surface area contributed by atoms with Crippen LogP contribution in [-0.4, -0.2) is 49.4 Å². The molecule has 4 heterocycles.